The fourth-order valence-electron chi connectivity index (χ4n) is 4.75. The molecule has 1 amide bonds. The standard InChI is InChI=1S/C33H33N3O6S2/c1-5-6-17-42-24-14-11-22(12-15-24)29(37)27-28(23-13-16-25(40-3)26(18-23)41-4)36(31(39)30(27)38)32-34-35-33(44-32)43-19-21-9-7-20(2)8-10-21/h7-16,18,28,37H,5-6,17,19H2,1-4H3/t28-/m1/s1. The lowest BCUT2D eigenvalue weighted by molar-refractivity contribution is -0.132. The molecule has 1 aromatic heterocycles. The molecule has 9 nitrogen and oxygen atoms in total. The maximum Gasteiger partial charge on any atom is 0.301 e. The van der Waals surface area contributed by atoms with E-state index < -0.39 is 17.7 Å². The summed E-state index contributed by atoms with van der Waals surface area (Å²) in [6.07, 6.45) is 1.94. The molecule has 0 saturated carbocycles. The van der Waals surface area contributed by atoms with Gasteiger partial charge >= 0.3 is 5.91 Å². The van der Waals surface area contributed by atoms with Gasteiger partial charge in [-0.25, -0.2) is 0 Å². The van der Waals surface area contributed by atoms with E-state index in [1.54, 1.807) is 42.5 Å². The number of methoxy groups -OCH3 is 2. The second kappa shape index (κ2) is 14.0. The van der Waals surface area contributed by atoms with Gasteiger partial charge in [-0.2, -0.15) is 0 Å². The minimum Gasteiger partial charge on any atom is -0.507 e. The van der Waals surface area contributed by atoms with E-state index in [0.717, 1.165) is 18.4 Å². The van der Waals surface area contributed by atoms with E-state index in [4.69, 9.17) is 14.2 Å². The monoisotopic (exact) mass is 631 g/mol. The van der Waals surface area contributed by atoms with Gasteiger partial charge in [0, 0.05) is 11.3 Å². The van der Waals surface area contributed by atoms with Gasteiger partial charge in [0.2, 0.25) is 5.13 Å². The summed E-state index contributed by atoms with van der Waals surface area (Å²) in [5, 5.41) is 20.4. The molecular weight excluding hydrogens is 599 g/mol. The molecule has 228 valence electrons. The SMILES string of the molecule is CCCCOc1ccc(C(O)=C2C(=O)C(=O)N(c3nnc(SCc4ccc(C)cc4)s3)[C@@H]2c2ccc(OC)c(OC)c2)cc1. The second-order valence-electron chi connectivity index (χ2n) is 10.1. The molecular formula is C33H33N3O6S2. The first-order valence-electron chi connectivity index (χ1n) is 14.1. The van der Waals surface area contributed by atoms with Crippen molar-refractivity contribution in [3.63, 3.8) is 0 Å². The molecule has 44 heavy (non-hydrogen) atoms. The topological polar surface area (TPSA) is 111 Å². The fraction of sp³-hybridized carbons (Fsp3) is 0.273. The van der Waals surface area contributed by atoms with Gasteiger partial charge in [-0.15, -0.1) is 10.2 Å². The molecule has 1 aliphatic heterocycles. The summed E-state index contributed by atoms with van der Waals surface area (Å²) in [4.78, 5) is 28.5. The first-order valence-corrected chi connectivity index (χ1v) is 15.9. The molecule has 1 atom stereocenters. The molecule has 5 rings (SSSR count). The van der Waals surface area contributed by atoms with Crippen molar-refractivity contribution in [3.05, 3.63) is 94.6 Å². The Balaban J connectivity index is 1.53. The number of rotatable bonds is 12. The van der Waals surface area contributed by atoms with Gasteiger partial charge in [0.05, 0.1) is 32.4 Å². The van der Waals surface area contributed by atoms with Gasteiger partial charge in [-0.05, 0) is 60.9 Å². The van der Waals surface area contributed by atoms with Crippen LogP contribution in [0.1, 0.15) is 48.1 Å². The molecule has 1 N–H and O–H groups in total. The van der Waals surface area contributed by atoms with Crippen molar-refractivity contribution in [2.24, 2.45) is 0 Å². The molecule has 1 fully saturated rings. The third-order valence-corrected chi connectivity index (χ3v) is 9.27. The van der Waals surface area contributed by atoms with E-state index in [2.05, 4.69) is 41.4 Å². The van der Waals surface area contributed by atoms with Crippen molar-refractivity contribution in [2.45, 2.75) is 42.8 Å². The largest absolute Gasteiger partial charge is 0.507 e. The number of unbranched alkanes of at least 4 members (excludes halogenated alkanes) is 1. The molecule has 0 aliphatic carbocycles. The van der Waals surface area contributed by atoms with Gasteiger partial charge in [0.1, 0.15) is 11.5 Å². The number of nitrogens with zero attached hydrogens (tertiary/aromatic N) is 3. The first-order chi connectivity index (χ1) is 21.3. The Kier molecular flexibility index (Phi) is 9.86. The van der Waals surface area contributed by atoms with Crippen LogP contribution >= 0.6 is 23.1 Å². The number of aliphatic hydroxyl groups is 1. The van der Waals surface area contributed by atoms with Crippen molar-refractivity contribution in [3.8, 4) is 17.2 Å². The fourth-order valence-corrected chi connectivity index (χ4v) is 6.58. The smallest absolute Gasteiger partial charge is 0.301 e. The highest BCUT2D eigenvalue weighted by Crippen LogP contribution is 2.45. The number of carbonyl (C=O) groups is 2. The molecule has 0 radical (unpaired) electrons. The molecule has 0 unspecified atom stereocenters. The Labute approximate surface area is 264 Å². The van der Waals surface area contributed by atoms with Crippen LogP contribution in [0.4, 0.5) is 5.13 Å². The zero-order chi connectivity index (χ0) is 31.2. The normalized spacial score (nSPS) is 15.9. The van der Waals surface area contributed by atoms with E-state index in [1.165, 1.54) is 47.8 Å². The molecule has 2 heterocycles. The zero-order valence-electron chi connectivity index (χ0n) is 24.9. The average molecular weight is 632 g/mol. The number of aromatic nitrogens is 2. The lowest BCUT2D eigenvalue weighted by Crippen LogP contribution is -2.29. The van der Waals surface area contributed by atoms with Gasteiger partial charge < -0.3 is 19.3 Å². The summed E-state index contributed by atoms with van der Waals surface area (Å²) in [7, 11) is 3.03. The molecule has 4 aromatic rings. The number of Topliss-reactive ketones (excluding diaryl/α,β-unsaturated/α-hetero) is 1. The van der Waals surface area contributed by atoms with E-state index in [0.29, 0.717) is 45.1 Å². The van der Waals surface area contributed by atoms with Crippen molar-refractivity contribution >= 4 is 45.7 Å². The summed E-state index contributed by atoms with van der Waals surface area (Å²) in [6.45, 7) is 4.70. The average Bonchev–Trinajstić information content (AvgIpc) is 3.62. The summed E-state index contributed by atoms with van der Waals surface area (Å²) in [5.74, 6) is 0.283. The van der Waals surface area contributed by atoms with Gasteiger partial charge in [0.25, 0.3) is 5.78 Å². The second-order valence-corrected chi connectivity index (χ2v) is 12.3. The quantitative estimate of drug-likeness (QED) is 0.0443. The summed E-state index contributed by atoms with van der Waals surface area (Å²) < 4.78 is 17.3. The third kappa shape index (κ3) is 6.58. The predicted octanol–water partition coefficient (Wildman–Crippen LogP) is 6.96. The molecule has 0 spiro atoms. The van der Waals surface area contributed by atoms with Crippen LogP contribution in [-0.2, 0) is 15.3 Å². The molecule has 3 aromatic carbocycles. The highest BCUT2D eigenvalue weighted by atomic mass is 32.2. The maximum absolute atomic E-state index is 13.6. The number of aryl methyl sites for hydroxylation is 1. The van der Waals surface area contributed by atoms with Crippen molar-refractivity contribution in [1.82, 2.24) is 10.2 Å². The lowest BCUT2D eigenvalue weighted by Gasteiger charge is -2.23. The molecule has 11 heteroatoms. The van der Waals surface area contributed by atoms with Crippen molar-refractivity contribution < 1.29 is 28.9 Å². The van der Waals surface area contributed by atoms with E-state index in [-0.39, 0.29) is 16.5 Å². The van der Waals surface area contributed by atoms with Crippen LogP contribution in [-0.4, -0.2) is 47.8 Å². The number of hydrogen-bond donors (Lipinski definition) is 1. The van der Waals surface area contributed by atoms with Gasteiger partial charge in [0.15, 0.2) is 15.8 Å². The lowest BCUT2D eigenvalue weighted by atomic mass is 9.95. The van der Waals surface area contributed by atoms with Crippen LogP contribution in [0.3, 0.4) is 0 Å². The van der Waals surface area contributed by atoms with Crippen LogP contribution in [0.5, 0.6) is 17.2 Å². The van der Waals surface area contributed by atoms with Crippen LogP contribution in [0.15, 0.2) is 76.6 Å². The number of amides is 1. The Bertz CT molecular complexity index is 1670. The number of aliphatic hydroxyl groups excluding tert-OH is 1. The summed E-state index contributed by atoms with van der Waals surface area (Å²) in [5.41, 5.74) is 3.16. The Morgan fingerprint density at radius 1 is 0.977 bits per heavy atom. The Hall–Kier alpha value is -4.35. The number of ether oxygens (including phenoxy) is 3. The number of ketones is 1. The predicted molar refractivity (Wildman–Crippen MR) is 172 cm³/mol. The van der Waals surface area contributed by atoms with Gasteiger partial charge in [-0.1, -0.05) is 72.3 Å². The van der Waals surface area contributed by atoms with E-state index in [1.807, 2.05) is 6.92 Å². The van der Waals surface area contributed by atoms with Gasteiger partial charge in [-0.3, -0.25) is 14.5 Å². The minimum absolute atomic E-state index is 0.0640. The summed E-state index contributed by atoms with van der Waals surface area (Å²) in [6, 6.07) is 19.1. The molecule has 0 bridgehead atoms. The summed E-state index contributed by atoms with van der Waals surface area (Å²) >= 11 is 2.71. The minimum atomic E-state index is -0.988. The van der Waals surface area contributed by atoms with Crippen LogP contribution in [0.25, 0.3) is 5.76 Å². The van der Waals surface area contributed by atoms with Crippen molar-refractivity contribution in [1.29, 1.82) is 0 Å². The highest BCUT2D eigenvalue weighted by Gasteiger charge is 2.48. The van der Waals surface area contributed by atoms with E-state index >= 15 is 0 Å². The zero-order valence-corrected chi connectivity index (χ0v) is 26.5. The first kappa shape index (κ1) is 31.1. The number of carbonyl (C=O) groups excluding carboxylic acids is 2. The van der Waals surface area contributed by atoms with Crippen LogP contribution < -0.4 is 19.1 Å². The molecule has 1 aliphatic rings. The Morgan fingerprint density at radius 2 is 1.70 bits per heavy atom. The Morgan fingerprint density at radius 3 is 2.39 bits per heavy atom. The number of thioether (sulfide) groups is 1. The number of anilines is 1. The maximum atomic E-state index is 13.6. The molecule has 1 saturated heterocycles. The third-order valence-electron chi connectivity index (χ3n) is 7.15. The van der Waals surface area contributed by atoms with Crippen LogP contribution in [0, 0.1) is 6.92 Å². The number of benzene rings is 3. The van der Waals surface area contributed by atoms with E-state index in [9.17, 15) is 14.7 Å². The van der Waals surface area contributed by atoms with Crippen LogP contribution in [0.2, 0.25) is 0 Å². The highest BCUT2D eigenvalue weighted by molar-refractivity contribution is 8.00. The van der Waals surface area contributed by atoms with Crippen molar-refractivity contribution in [2.75, 3.05) is 25.7 Å². The number of hydrogen-bond acceptors (Lipinski definition) is 10.